The fraction of sp³-hybridized carbons (Fsp3) is 0.688. The molecule has 41 heavy (non-hydrogen) atoms. The van der Waals surface area contributed by atoms with Crippen LogP contribution in [0, 0.1) is 12.7 Å². The SMILES string of the molecule is C.C=C(/N=C(\N=C(C)C)N(N)C(CCC)CCC)N(N)CC1CCCN1CC.CC.CCOc1ccc(C)cc1F. The number of hydrogen-bond donors (Lipinski definition) is 2. The van der Waals surface area contributed by atoms with E-state index in [0.29, 0.717) is 30.2 Å². The molecular formula is C32H62FN7O. The average Bonchev–Trinajstić information content (AvgIpc) is 3.37. The molecule has 1 unspecified atom stereocenters. The highest BCUT2D eigenvalue weighted by Crippen LogP contribution is 2.19. The molecule has 2 rings (SSSR count). The van der Waals surface area contributed by atoms with Gasteiger partial charge in [0.1, 0.15) is 5.82 Å². The molecule has 1 aromatic rings. The molecule has 1 heterocycles. The average molecular weight is 580 g/mol. The highest BCUT2D eigenvalue weighted by Gasteiger charge is 2.25. The lowest BCUT2D eigenvalue weighted by Gasteiger charge is -2.30. The van der Waals surface area contributed by atoms with E-state index in [0.717, 1.165) is 63.0 Å². The monoisotopic (exact) mass is 579 g/mol. The van der Waals surface area contributed by atoms with Crippen molar-refractivity contribution in [2.75, 3.05) is 26.2 Å². The second kappa shape index (κ2) is 23.1. The van der Waals surface area contributed by atoms with Gasteiger partial charge in [0.05, 0.1) is 13.2 Å². The first kappa shape index (κ1) is 40.6. The standard InChI is InChI=1S/C20H41N7.C9H11FO.C2H6.CH4/c1-7-11-18(12-8-2)27(22)20(23-16(4)5)24-17(6)26(21)15-19-13-10-14-25(19)9-3;1-3-11-9-5-4-7(2)6-8(9)10;1-2;/h18-19H,6-15,21-22H2,1-5H3;4-6H,3H2,1-2H3;1-2H3;1H4/b24-20+;;;. The van der Waals surface area contributed by atoms with Gasteiger partial charge in [-0.15, -0.1) is 0 Å². The minimum atomic E-state index is -0.285. The van der Waals surface area contributed by atoms with Crippen LogP contribution in [0.5, 0.6) is 5.75 Å². The van der Waals surface area contributed by atoms with E-state index in [4.69, 9.17) is 16.4 Å². The number of guanidine groups is 1. The molecule has 0 radical (unpaired) electrons. The summed E-state index contributed by atoms with van der Waals surface area (Å²) < 4.78 is 17.9. The third-order valence-electron chi connectivity index (χ3n) is 6.45. The number of aryl methyl sites for hydroxylation is 1. The summed E-state index contributed by atoms with van der Waals surface area (Å²) in [7, 11) is 0. The number of likely N-dealkylation sites (N-methyl/N-ethyl adjacent to an activating group) is 1. The van der Waals surface area contributed by atoms with Gasteiger partial charge in [0.25, 0.3) is 0 Å². The predicted octanol–water partition coefficient (Wildman–Crippen LogP) is 7.29. The Morgan fingerprint density at radius 3 is 2.22 bits per heavy atom. The summed E-state index contributed by atoms with van der Waals surface area (Å²) in [5.41, 5.74) is 1.81. The number of likely N-dealkylation sites (tertiary alicyclic amines) is 1. The van der Waals surface area contributed by atoms with Gasteiger partial charge in [0, 0.05) is 17.8 Å². The van der Waals surface area contributed by atoms with Crippen LogP contribution < -0.4 is 16.4 Å². The number of hydrogen-bond acceptors (Lipinski definition) is 6. The minimum Gasteiger partial charge on any atom is -0.491 e. The zero-order valence-electron chi connectivity index (χ0n) is 26.8. The van der Waals surface area contributed by atoms with Crippen molar-refractivity contribution in [1.82, 2.24) is 14.9 Å². The molecule has 1 aromatic carbocycles. The van der Waals surface area contributed by atoms with E-state index in [2.05, 4.69) is 42.2 Å². The number of nitrogens with zero attached hydrogens (tertiary/aromatic N) is 5. The molecule has 9 heteroatoms. The van der Waals surface area contributed by atoms with Crippen molar-refractivity contribution < 1.29 is 9.13 Å². The van der Waals surface area contributed by atoms with Crippen molar-refractivity contribution >= 4 is 11.7 Å². The first-order valence-corrected chi connectivity index (χ1v) is 15.1. The molecule has 0 aromatic heterocycles. The van der Waals surface area contributed by atoms with Crippen molar-refractivity contribution in [2.24, 2.45) is 21.7 Å². The maximum atomic E-state index is 12.9. The minimum absolute atomic E-state index is 0. The van der Waals surface area contributed by atoms with Crippen LogP contribution in [0.2, 0.25) is 0 Å². The molecule has 0 amide bonds. The lowest BCUT2D eigenvalue weighted by molar-refractivity contribution is 0.204. The van der Waals surface area contributed by atoms with Gasteiger partial charge >= 0.3 is 0 Å². The molecule has 0 bridgehead atoms. The Morgan fingerprint density at radius 1 is 1.12 bits per heavy atom. The van der Waals surface area contributed by atoms with Crippen LogP contribution in [0.15, 0.2) is 40.6 Å². The number of halogens is 1. The Kier molecular flexibility index (Phi) is 22.9. The fourth-order valence-corrected chi connectivity index (χ4v) is 4.50. The summed E-state index contributed by atoms with van der Waals surface area (Å²) in [5, 5.41) is 3.34. The van der Waals surface area contributed by atoms with Crippen LogP contribution in [-0.4, -0.2) is 64.9 Å². The van der Waals surface area contributed by atoms with Crippen molar-refractivity contribution in [3.63, 3.8) is 0 Å². The third-order valence-corrected chi connectivity index (χ3v) is 6.45. The lowest BCUT2D eigenvalue weighted by Crippen LogP contribution is -2.46. The number of benzene rings is 1. The highest BCUT2D eigenvalue weighted by atomic mass is 19.1. The van der Waals surface area contributed by atoms with Gasteiger partial charge in [-0.3, -0.25) is 14.9 Å². The Labute approximate surface area is 251 Å². The molecule has 238 valence electrons. The largest absolute Gasteiger partial charge is 0.491 e. The maximum absolute atomic E-state index is 12.9. The Hall–Kier alpha value is -2.49. The molecule has 1 aliphatic heterocycles. The smallest absolute Gasteiger partial charge is 0.241 e. The summed E-state index contributed by atoms with van der Waals surface area (Å²) in [6.07, 6.45) is 6.54. The maximum Gasteiger partial charge on any atom is 0.241 e. The van der Waals surface area contributed by atoms with E-state index in [1.54, 1.807) is 16.1 Å². The topological polar surface area (TPSA) is 95.7 Å². The molecule has 0 aliphatic carbocycles. The van der Waals surface area contributed by atoms with Gasteiger partial charge < -0.3 is 4.74 Å². The van der Waals surface area contributed by atoms with Crippen LogP contribution in [0.1, 0.15) is 107 Å². The summed E-state index contributed by atoms with van der Waals surface area (Å²) in [6.45, 7) is 25.6. The molecule has 1 atom stereocenters. The van der Waals surface area contributed by atoms with Gasteiger partial charge in [-0.2, -0.15) is 4.99 Å². The van der Waals surface area contributed by atoms with E-state index < -0.39 is 0 Å². The van der Waals surface area contributed by atoms with Gasteiger partial charge in [0.2, 0.25) is 5.96 Å². The van der Waals surface area contributed by atoms with Gasteiger partial charge in [0.15, 0.2) is 11.6 Å². The van der Waals surface area contributed by atoms with Gasteiger partial charge in [-0.1, -0.05) is 67.5 Å². The third kappa shape index (κ3) is 15.3. The van der Waals surface area contributed by atoms with Gasteiger partial charge in [-0.25, -0.2) is 21.1 Å². The molecule has 1 fully saturated rings. The molecule has 4 N–H and O–H groups in total. The zero-order valence-corrected chi connectivity index (χ0v) is 26.8. The summed E-state index contributed by atoms with van der Waals surface area (Å²) in [4.78, 5) is 11.6. The van der Waals surface area contributed by atoms with E-state index >= 15 is 0 Å². The number of aliphatic imine (C=N–C) groups is 2. The Bertz CT molecular complexity index is 896. The zero-order chi connectivity index (χ0) is 30.7. The number of rotatable bonds is 12. The highest BCUT2D eigenvalue weighted by molar-refractivity contribution is 5.95. The van der Waals surface area contributed by atoms with Crippen molar-refractivity contribution in [1.29, 1.82) is 0 Å². The number of nitrogens with two attached hydrogens (primary N) is 2. The quantitative estimate of drug-likeness (QED) is 0.117. The molecule has 8 nitrogen and oxygen atoms in total. The van der Waals surface area contributed by atoms with E-state index in [9.17, 15) is 4.39 Å². The second-order valence-corrected chi connectivity index (χ2v) is 9.97. The lowest BCUT2D eigenvalue weighted by atomic mass is 10.1. The van der Waals surface area contributed by atoms with Crippen LogP contribution in [0.3, 0.4) is 0 Å². The van der Waals surface area contributed by atoms with Crippen LogP contribution >= 0.6 is 0 Å². The fourth-order valence-electron chi connectivity index (χ4n) is 4.50. The van der Waals surface area contributed by atoms with Crippen LogP contribution in [-0.2, 0) is 0 Å². The molecule has 0 saturated carbocycles. The van der Waals surface area contributed by atoms with Crippen molar-refractivity contribution in [2.45, 2.75) is 120 Å². The van der Waals surface area contributed by atoms with E-state index in [1.807, 2.05) is 47.6 Å². The van der Waals surface area contributed by atoms with Crippen LogP contribution in [0.25, 0.3) is 0 Å². The number of ether oxygens (including phenoxy) is 1. The summed E-state index contributed by atoms with van der Waals surface area (Å²) in [5.74, 6) is 13.7. The second-order valence-electron chi connectivity index (χ2n) is 9.97. The Balaban J connectivity index is 0. The molecule has 1 aliphatic rings. The Morgan fingerprint density at radius 2 is 1.73 bits per heavy atom. The predicted molar refractivity (Wildman–Crippen MR) is 177 cm³/mol. The summed E-state index contributed by atoms with van der Waals surface area (Å²) >= 11 is 0. The van der Waals surface area contributed by atoms with Crippen molar-refractivity contribution in [3.05, 3.63) is 42.0 Å². The molecule has 0 spiro atoms. The first-order chi connectivity index (χ1) is 19.1. The van der Waals surface area contributed by atoms with Crippen LogP contribution in [0.4, 0.5) is 4.39 Å². The van der Waals surface area contributed by atoms with Gasteiger partial charge in [-0.05, 0) is 84.2 Å². The van der Waals surface area contributed by atoms with E-state index in [1.165, 1.54) is 12.5 Å². The first-order valence-electron chi connectivity index (χ1n) is 15.1. The number of hydrazine groups is 2. The molecular weight excluding hydrogens is 517 g/mol. The van der Waals surface area contributed by atoms with Crippen molar-refractivity contribution in [3.8, 4) is 5.75 Å². The normalized spacial score (nSPS) is 14.7. The summed E-state index contributed by atoms with van der Waals surface area (Å²) in [6, 6.07) is 5.60. The van der Waals surface area contributed by atoms with E-state index in [-0.39, 0.29) is 19.3 Å². The molecule has 1 saturated heterocycles.